The maximum Gasteiger partial charge on any atom is 0.101 e. The molecule has 2 aromatic rings. The lowest BCUT2D eigenvalue weighted by atomic mass is 9.89. The van der Waals surface area contributed by atoms with Gasteiger partial charge < -0.3 is 4.74 Å². The summed E-state index contributed by atoms with van der Waals surface area (Å²) < 4.78 is 6.10. The first-order chi connectivity index (χ1) is 10.3. The molecule has 2 unspecified atom stereocenters. The Hall–Kier alpha value is -1.64. The van der Waals surface area contributed by atoms with E-state index >= 15 is 0 Å². The highest BCUT2D eigenvalue weighted by atomic mass is 16.6. The average Bonchev–Trinajstić information content (AvgIpc) is 3.22. The van der Waals surface area contributed by atoms with Crippen molar-refractivity contribution in [1.82, 2.24) is 4.90 Å². The molecular formula is C19H21NO. The molecule has 4 rings (SSSR count). The molecule has 0 radical (unpaired) electrons. The van der Waals surface area contributed by atoms with E-state index in [9.17, 15) is 0 Å². The van der Waals surface area contributed by atoms with Gasteiger partial charge in [-0.3, -0.25) is 4.90 Å². The van der Waals surface area contributed by atoms with Gasteiger partial charge in [-0.15, -0.1) is 0 Å². The highest BCUT2D eigenvalue weighted by Crippen LogP contribution is 2.46. The smallest absolute Gasteiger partial charge is 0.101 e. The molecule has 2 heterocycles. The van der Waals surface area contributed by atoms with Gasteiger partial charge in [-0.25, -0.2) is 0 Å². The van der Waals surface area contributed by atoms with Crippen molar-refractivity contribution < 1.29 is 4.74 Å². The molecule has 21 heavy (non-hydrogen) atoms. The minimum absolute atomic E-state index is 0.133. The third kappa shape index (κ3) is 2.74. The molecule has 2 saturated heterocycles. The van der Waals surface area contributed by atoms with Gasteiger partial charge in [0.1, 0.15) is 11.7 Å². The summed E-state index contributed by atoms with van der Waals surface area (Å²) in [6.45, 7) is 3.25. The van der Waals surface area contributed by atoms with Crippen molar-refractivity contribution >= 4 is 0 Å². The van der Waals surface area contributed by atoms with Crippen LogP contribution in [0, 0.1) is 0 Å². The molecule has 108 valence electrons. The molecule has 2 aliphatic rings. The number of rotatable bonds is 4. The predicted octanol–water partition coefficient (Wildman–Crippen LogP) is 3.27. The maximum atomic E-state index is 6.10. The highest BCUT2D eigenvalue weighted by Gasteiger charge is 2.58. The van der Waals surface area contributed by atoms with Crippen LogP contribution in [0.5, 0.6) is 0 Å². The van der Waals surface area contributed by atoms with Crippen LogP contribution in [0.4, 0.5) is 0 Å². The summed E-state index contributed by atoms with van der Waals surface area (Å²) in [4.78, 5) is 2.52. The lowest BCUT2D eigenvalue weighted by Crippen LogP contribution is -2.40. The third-order valence-electron chi connectivity index (χ3n) is 4.78. The minimum atomic E-state index is 0.133. The number of epoxide rings is 1. The lowest BCUT2D eigenvalue weighted by Gasteiger charge is -2.28. The first kappa shape index (κ1) is 13.1. The molecule has 0 amide bonds. The van der Waals surface area contributed by atoms with Crippen molar-refractivity contribution in [1.29, 1.82) is 0 Å². The van der Waals surface area contributed by atoms with Crippen molar-refractivity contribution in [2.24, 2.45) is 0 Å². The number of piperidine rings is 1. The lowest BCUT2D eigenvalue weighted by molar-refractivity contribution is 0.216. The van der Waals surface area contributed by atoms with Crippen LogP contribution in [-0.4, -0.2) is 29.7 Å². The van der Waals surface area contributed by atoms with E-state index in [4.69, 9.17) is 4.74 Å². The molecule has 0 N–H and O–H groups in total. The molecular weight excluding hydrogens is 258 g/mol. The van der Waals surface area contributed by atoms with Crippen molar-refractivity contribution in [3.05, 3.63) is 71.8 Å². The number of ether oxygens (including phenoxy) is 1. The van der Waals surface area contributed by atoms with Crippen LogP contribution in [0.3, 0.4) is 0 Å². The summed E-state index contributed by atoms with van der Waals surface area (Å²) in [6.07, 6.45) is 2.65. The zero-order valence-corrected chi connectivity index (χ0v) is 12.2. The van der Waals surface area contributed by atoms with E-state index in [-0.39, 0.29) is 5.60 Å². The van der Waals surface area contributed by atoms with Crippen LogP contribution in [0.2, 0.25) is 0 Å². The summed E-state index contributed by atoms with van der Waals surface area (Å²) in [5.41, 5.74) is 2.93. The molecule has 0 saturated carbocycles. The van der Waals surface area contributed by atoms with Gasteiger partial charge in [0.2, 0.25) is 0 Å². The van der Waals surface area contributed by atoms with Crippen LogP contribution < -0.4 is 0 Å². The SMILES string of the molecule is c1ccc(CN2CCC3(Cc4ccccc4)OC3C2)cc1. The van der Waals surface area contributed by atoms with Gasteiger partial charge in [0, 0.05) is 26.1 Å². The van der Waals surface area contributed by atoms with Crippen molar-refractivity contribution in [2.45, 2.75) is 31.1 Å². The second kappa shape index (κ2) is 5.28. The Labute approximate surface area is 126 Å². The fourth-order valence-corrected chi connectivity index (χ4v) is 3.52. The van der Waals surface area contributed by atoms with E-state index in [0.717, 1.165) is 32.5 Å². The Morgan fingerprint density at radius 2 is 1.62 bits per heavy atom. The Morgan fingerprint density at radius 1 is 0.952 bits per heavy atom. The molecule has 2 aliphatic heterocycles. The van der Waals surface area contributed by atoms with Crippen molar-refractivity contribution in [3.63, 3.8) is 0 Å². The van der Waals surface area contributed by atoms with E-state index in [0.29, 0.717) is 6.10 Å². The number of nitrogens with zero attached hydrogens (tertiary/aromatic N) is 1. The Bertz CT molecular complexity index is 597. The number of hydrogen-bond acceptors (Lipinski definition) is 2. The molecule has 0 aliphatic carbocycles. The topological polar surface area (TPSA) is 15.8 Å². The predicted molar refractivity (Wildman–Crippen MR) is 84.1 cm³/mol. The molecule has 2 atom stereocenters. The van der Waals surface area contributed by atoms with Crippen LogP contribution in [0.1, 0.15) is 17.5 Å². The zero-order valence-electron chi connectivity index (χ0n) is 12.2. The van der Waals surface area contributed by atoms with Gasteiger partial charge in [0.05, 0.1) is 0 Å². The minimum Gasteiger partial charge on any atom is -0.364 e. The highest BCUT2D eigenvalue weighted by molar-refractivity contribution is 5.22. The van der Waals surface area contributed by atoms with E-state index < -0.39 is 0 Å². The second-order valence-electron chi connectivity index (χ2n) is 6.30. The number of hydrogen-bond donors (Lipinski definition) is 0. The first-order valence-corrected chi connectivity index (χ1v) is 7.82. The van der Waals surface area contributed by atoms with Crippen molar-refractivity contribution in [2.75, 3.05) is 13.1 Å². The largest absolute Gasteiger partial charge is 0.364 e. The zero-order chi connectivity index (χ0) is 14.1. The van der Waals surface area contributed by atoms with Gasteiger partial charge in [0.25, 0.3) is 0 Å². The number of likely N-dealkylation sites (tertiary alicyclic amines) is 1. The number of benzene rings is 2. The summed E-state index contributed by atoms with van der Waals surface area (Å²) in [6, 6.07) is 21.5. The Balaban J connectivity index is 1.37. The Kier molecular flexibility index (Phi) is 3.28. The van der Waals surface area contributed by atoms with Crippen molar-refractivity contribution in [3.8, 4) is 0 Å². The monoisotopic (exact) mass is 279 g/mol. The van der Waals surface area contributed by atoms with Gasteiger partial charge in [-0.05, 0) is 17.5 Å². The molecule has 0 bridgehead atoms. The van der Waals surface area contributed by atoms with Gasteiger partial charge in [0.15, 0.2) is 0 Å². The Morgan fingerprint density at radius 3 is 2.29 bits per heavy atom. The molecule has 2 fully saturated rings. The molecule has 2 heteroatoms. The van der Waals surface area contributed by atoms with Crippen LogP contribution in [-0.2, 0) is 17.7 Å². The summed E-state index contributed by atoms with van der Waals surface area (Å²) >= 11 is 0. The van der Waals surface area contributed by atoms with Gasteiger partial charge >= 0.3 is 0 Å². The van der Waals surface area contributed by atoms with Crippen LogP contribution in [0.25, 0.3) is 0 Å². The average molecular weight is 279 g/mol. The normalized spacial score (nSPS) is 28.1. The summed E-state index contributed by atoms with van der Waals surface area (Å²) in [5, 5.41) is 0. The molecule has 0 aromatic heterocycles. The van der Waals surface area contributed by atoms with Gasteiger partial charge in [-0.1, -0.05) is 60.7 Å². The fraction of sp³-hybridized carbons (Fsp3) is 0.368. The van der Waals surface area contributed by atoms with E-state index in [2.05, 4.69) is 65.6 Å². The van der Waals surface area contributed by atoms with Gasteiger partial charge in [-0.2, -0.15) is 0 Å². The first-order valence-electron chi connectivity index (χ1n) is 7.82. The quantitative estimate of drug-likeness (QED) is 0.798. The van der Waals surface area contributed by atoms with E-state index in [1.54, 1.807) is 0 Å². The maximum absolute atomic E-state index is 6.10. The summed E-state index contributed by atoms with van der Waals surface area (Å²) in [5.74, 6) is 0. The third-order valence-corrected chi connectivity index (χ3v) is 4.78. The molecule has 0 spiro atoms. The number of fused-ring (bicyclic) bond motifs is 1. The molecule has 2 aromatic carbocycles. The van der Waals surface area contributed by atoms with Crippen LogP contribution in [0.15, 0.2) is 60.7 Å². The van der Waals surface area contributed by atoms with Crippen LogP contribution >= 0.6 is 0 Å². The molecule has 2 nitrogen and oxygen atoms in total. The van der Waals surface area contributed by atoms with E-state index in [1.807, 2.05) is 0 Å². The summed E-state index contributed by atoms with van der Waals surface area (Å²) in [7, 11) is 0. The van der Waals surface area contributed by atoms with E-state index in [1.165, 1.54) is 11.1 Å². The standard InChI is InChI=1S/C19H21NO/c1-3-7-16(8-4-1)13-19-11-12-20(15-18(19)21-19)14-17-9-5-2-6-10-17/h1-10,18H,11-15H2. The second-order valence-corrected chi connectivity index (χ2v) is 6.30. The fourth-order valence-electron chi connectivity index (χ4n) is 3.52.